The molecule has 1 aromatic heterocycles. The summed E-state index contributed by atoms with van der Waals surface area (Å²) in [6.45, 7) is 3.88. The Morgan fingerprint density at radius 2 is 1.72 bits per heavy atom. The maximum absolute atomic E-state index is 13.6. The van der Waals surface area contributed by atoms with Gasteiger partial charge in [0.25, 0.3) is 11.8 Å². The molecular weight excluding hydrogens is 564 g/mol. The summed E-state index contributed by atoms with van der Waals surface area (Å²) < 4.78 is 16.8. The Bertz CT molecular complexity index is 1320. The van der Waals surface area contributed by atoms with Crippen LogP contribution in [0.25, 0.3) is 11.8 Å². The van der Waals surface area contributed by atoms with Crippen molar-refractivity contribution in [3.05, 3.63) is 85.5 Å². The molecule has 2 heterocycles. The van der Waals surface area contributed by atoms with Gasteiger partial charge in [-0.15, -0.1) is 0 Å². The van der Waals surface area contributed by atoms with Crippen molar-refractivity contribution in [2.24, 2.45) is 0 Å². The van der Waals surface area contributed by atoms with Gasteiger partial charge in [0, 0.05) is 20.6 Å². The molecule has 1 aliphatic rings. The highest BCUT2D eigenvalue weighted by atomic mass is 127. The summed E-state index contributed by atoms with van der Waals surface area (Å²) in [6.07, 6.45) is 1.54. The highest BCUT2D eigenvalue weighted by Crippen LogP contribution is 2.28. The van der Waals surface area contributed by atoms with Gasteiger partial charge in [-0.3, -0.25) is 19.8 Å². The molecule has 32 heavy (non-hydrogen) atoms. The summed E-state index contributed by atoms with van der Waals surface area (Å²) in [7, 11) is 0. The minimum Gasteiger partial charge on any atom is -0.318 e. The van der Waals surface area contributed by atoms with Gasteiger partial charge in [-0.2, -0.15) is 0 Å². The normalized spacial score (nSPS) is 15.5. The number of aromatic nitrogens is 1. The second kappa shape index (κ2) is 8.76. The molecule has 1 fully saturated rings. The largest absolute Gasteiger partial charge is 0.318 e. The molecular formula is C23H16ClFIN3O2S. The van der Waals surface area contributed by atoms with E-state index >= 15 is 0 Å². The quantitative estimate of drug-likeness (QED) is 0.198. The van der Waals surface area contributed by atoms with Crippen LogP contribution in [0, 0.1) is 23.2 Å². The van der Waals surface area contributed by atoms with Crippen LogP contribution in [0.5, 0.6) is 0 Å². The number of anilines is 1. The molecule has 3 aromatic rings. The maximum Gasteiger partial charge on any atom is 0.270 e. The first-order valence-corrected chi connectivity index (χ1v) is 11.4. The van der Waals surface area contributed by atoms with Crippen LogP contribution < -0.4 is 10.2 Å². The van der Waals surface area contributed by atoms with E-state index in [1.165, 1.54) is 12.1 Å². The average molecular weight is 580 g/mol. The molecule has 9 heteroatoms. The molecule has 5 nitrogen and oxygen atoms in total. The zero-order chi connectivity index (χ0) is 23.2. The van der Waals surface area contributed by atoms with Crippen LogP contribution in [0.4, 0.5) is 10.1 Å². The Morgan fingerprint density at radius 1 is 1.06 bits per heavy atom. The highest BCUT2D eigenvalue weighted by molar-refractivity contribution is 14.1. The van der Waals surface area contributed by atoms with E-state index in [0.717, 1.165) is 37.2 Å². The van der Waals surface area contributed by atoms with Crippen LogP contribution in [0.15, 0.2) is 54.1 Å². The number of hydrogen-bond acceptors (Lipinski definition) is 3. The molecule has 0 saturated carbocycles. The molecule has 4 rings (SSSR count). The predicted molar refractivity (Wildman–Crippen MR) is 136 cm³/mol. The number of halogens is 3. The third-order valence-corrected chi connectivity index (χ3v) is 6.41. The van der Waals surface area contributed by atoms with E-state index in [1.807, 2.05) is 44.2 Å². The van der Waals surface area contributed by atoms with E-state index in [4.69, 9.17) is 23.8 Å². The molecule has 0 atom stereocenters. The molecule has 1 N–H and O–H groups in total. The van der Waals surface area contributed by atoms with Crippen LogP contribution in [-0.2, 0) is 9.59 Å². The third-order valence-electron chi connectivity index (χ3n) is 5.12. The number of hydrogen-bond donors (Lipinski definition) is 1. The van der Waals surface area contributed by atoms with E-state index in [2.05, 4.69) is 32.5 Å². The van der Waals surface area contributed by atoms with Crippen molar-refractivity contribution >= 4 is 75.1 Å². The summed E-state index contributed by atoms with van der Waals surface area (Å²) >= 11 is 13.3. The predicted octanol–water partition coefficient (Wildman–Crippen LogP) is 5.32. The van der Waals surface area contributed by atoms with Crippen molar-refractivity contribution in [2.75, 3.05) is 4.90 Å². The Labute approximate surface area is 208 Å². The standard InChI is InChI=1S/C23H16ClFIN3O2S/c1-12-9-14(13(2)28(12)16-5-3-15(26)4-6-16)10-18-21(30)27-23(32)29(22(18)31)17-7-8-20(25)19(24)11-17/h3-11H,1-2H3,(H,27,30,32)/b18-10-. The molecule has 1 saturated heterocycles. The topological polar surface area (TPSA) is 54.3 Å². The van der Waals surface area contributed by atoms with Crippen molar-refractivity contribution in [1.82, 2.24) is 9.88 Å². The van der Waals surface area contributed by atoms with Gasteiger partial charge in [-0.1, -0.05) is 11.6 Å². The third kappa shape index (κ3) is 4.10. The molecule has 1 aliphatic heterocycles. The van der Waals surface area contributed by atoms with E-state index < -0.39 is 17.6 Å². The molecule has 162 valence electrons. The van der Waals surface area contributed by atoms with Crippen LogP contribution in [0.2, 0.25) is 5.02 Å². The minimum absolute atomic E-state index is 0.0816. The molecule has 2 aromatic carbocycles. The first kappa shape index (κ1) is 22.6. The number of carbonyl (C=O) groups excluding carboxylic acids is 2. The number of aryl methyl sites for hydroxylation is 1. The number of rotatable bonds is 3. The fourth-order valence-corrected chi connectivity index (χ4v) is 4.41. The monoisotopic (exact) mass is 579 g/mol. The zero-order valence-corrected chi connectivity index (χ0v) is 20.7. The van der Waals surface area contributed by atoms with Crippen molar-refractivity contribution in [3.8, 4) is 5.69 Å². The first-order chi connectivity index (χ1) is 15.2. The van der Waals surface area contributed by atoms with E-state index in [1.54, 1.807) is 6.08 Å². The fraction of sp³-hybridized carbons (Fsp3) is 0.0870. The van der Waals surface area contributed by atoms with E-state index in [9.17, 15) is 14.0 Å². The smallest absolute Gasteiger partial charge is 0.270 e. The highest BCUT2D eigenvalue weighted by Gasteiger charge is 2.35. The van der Waals surface area contributed by atoms with E-state index in [0.29, 0.717) is 0 Å². The van der Waals surface area contributed by atoms with Gasteiger partial charge < -0.3 is 4.57 Å². The van der Waals surface area contributed by atoms with Crippen LogP contribution in [0.3, 0.4) is 0 Å². The molecule has 0 bridgehead atoms. The van der Waals surface area contributed by atoms with E-state index in [-0.39, 0.29) is 21.4 Å². The molecule has 2 amide bonds. The minimum atomic E-state index is -0.617. The Balaban J connectivity index is 1.76. The molecule has 0 unspecified atom stereocenters. The number of nitrogens with one attached hydrogen (secondary N) is 1. The maximum atomic E-state index is 13.6. The number of nitrogens with zero attached hydrogens (tertiary/aromatic N) is 2. The summed E-state index contributed by atoms with van der Waals surface area (Å²) in [5.41, 5.74) is 3.72. The van der Waals surface area contributed by atoms with Gasteiger partial charge in [0.1, 0.15) is 11.4 Å². The van der Waals surface area contributed by atoms with Crippen LogP contribution >= 0.6 is 46.4 Å². The van der Waals surface area contributed by atoms with Crippen molar-refractivity contribution < 1.29 is 14.0 Å². The van der Waals surface area contributed by atoms with Crippen molar-refractivity contribution in [2.45, 2.75) is 13.8 Å². The molecule has 0 aliphatic carbocycles. The van der Waals surface area contributed by atoms with Gasteiger partial charge in [0.05, 0.1) is 10.7 Å². The lowest BCUT2D eigenvalue weighted by Gasteiger charge is -2.29. The SMILES string of the molecule is Cc1cc(/C=C2/C(=O)NC(=S)N(c3ccc(F)c(Cl)c3)C2=O)c(C)n1-c1ccc(I)cc1. The summed E-state index contributed by atoms with van der Waals surface area (Å²) in [4.78, 5) is 27.0. The van der Waals surface area contributed by atoms with Gasteiger partial charge in [0.15, 0.2) is 5.11 Å². The fourth-order valence-electron chi connectivity index (χ4n) is 3.59. The zero-order valence-electron chi connectivity index (χ0n) is 16.9. The Morgan fingerprint density at radius 3 is 2.38 bits per heavy atom. The van der Waals surface area contributed by atoms with Gasteiger partial charge in [-0.25, -0.2) is 4.39 Å². The lowest BCUT2D eigenvalue weighted by molar-refractivity contribution is -0.122. The van der Waals surface area contributed by atoms with Gasteiger partial charge in [0.2, 0.25) is 0 Å². The number of amides is 2. The summed E-state index contributed by atoms with van der Waals surface area (Å²) in [5, 5.41) is 2.28. The van der Waals surface area contributed by atoms with Crippen LogP contribution in [-0.4, -0.2) is 21.5 Å². The molecule has 0 radical (unpaired) electrons. The summed E-state index contributed by atoms with van der Waals surface area (Å²) in [6, 6.07) is 13.8. The van der Waals surface area contributed by atoms with Gasteiger partial charge >= 0.3 is 0 Å². The lowest BCUT2D eigenvalue weighted by Crippen LogP contribution is -2.54. The van der Waals surface area contributed by atoms with Gasteiger partial charge in [-0.05, 0) is 109 Å². The average Bonchev–Trinajstić information content (AvgIpc) is 3.01. The Kier molecular flexibility index (Phi) is 6.19. The van der Waals surface area contributed by atoms with Crippen molar-refractivity contribution in [1.29, 1.82) is 0 Å². The van der Waals surface area contributed by atoms with Crippen LogP contribution in [0.1, 0.15) is 17.0 Å². The number of carbonyl (C=O) groups is 2. The molecule has 0 spiro atoms. The Hall–Kier alpha value is -2.56. The number of benzene rings is 2. The number of thiocarbonyl (C=S) groups is 1. The second-order valence-corrected chi connectivity index (χ2v) is 9.23. The van der Waals surface area contributed by atoms with Crippen molar-refractivity contribution in [3.63, 3.8) is 0 Å². The lowest BCUT2D eigenvalue weighted by atomic mass is 10.1. The second-order valence-electron chi connectivity index (χ2n) is 7.19. The summed E-state index contributed by atoms with van der Waals surface area (Å²) in [5.74, 6) is -1.82. The first-order valence-electron chi connectivity index (χ1n) is 9.49.